The van der Waals surface area contributed by atoms with Gasteiger partial charge in [-0.3, -0.25) is 19.9 Å². The van der Waals surface area contributed by atoms with Crippen molar-refractivity contribution in [1.82, 2.24) is 20.0 Å². The summed E-state index contributed by atoms with van der Waals surface area (Å²) in [5, 5.41) is 14.7. The molecular formula is C24H28ClN5O4. The summed E-state index contributed by atoms with van der Waals surface area (Å²) in [6.45, 7) is 3.32. The summed E-state index contributed by atoms with van der Waals surface area (Å²) >= 11 is 6.30. The second-order valence-electron chi connectivity index (χ2n) is 8.77. The number of anilines is 1. The fourth-order valence-corrected chi connectivity index (χ4v) is 5.23. The quantitative estimate of drug-likeness (QED) is 0.668. The van der Waals surface area contributed by atoms with Crippen LogP contribution in [0.1, 0.15) is 12.5 Å². The molecule has 3 heterocycles. The number of urea groups is 1. The Morgan fingerprint density at radius 2 is 1.85 bits per heavy atom. The summed E-state index contributed by atoms with van der Waals surface area (Å²) in [4.78, 5) is 33.6. The molecule has 9 nitrogen and oxygen atoms in total. The summed E-state index contributed by atoms with van der Waals surface area (Å²) in [7, 11) is 1.69. The van der Waals surface area contributed by atoms with Crippen molar-refractivity contribution < 1.29 is 19.4 Å². The summed E-state index contributed by atoms with van der Waals surface area (Å²) in [6, 6.07) is 13.8. The van der Waals surface area contributed by atoms with Crippen molar-refractivity contribution in [3.63, 3.8) is 0 Å². The van der Waals surface area contributed by atoms with Gasteiger partial charge in [-0.1, -0.05) is 29.8 Å². The summed E-state index contributed by atoms with van der Waals surface area (Å²) in [5.74, 6) is 0.466. The number of benzene rings is 2. The zero-order valence-corrected chi connectivity index (χ0v) is 19.9. The number of fused-ring (bicyclic) bond motifs is 3. The minimum absolute atomic E-state index is 0.0918. The molecule has 4 unspecified atom stereocenters. The maximum absolute atomic E-state index is 13.6. The second kappa shape index (κ2) is 9.07. The van der Waals surface area contributed by atoms with Gasteiger partial charge >= 0.3 is 6.03 Å². The Balaban J connectivity index is 1.43. The lowest BCUT2D eigenvalue weighted by Crippen LogP contribution is -2.66. The van der Waals surface area contributed by atoms with Crippen molar-refractivity contribution >= 4 is 29.2 Å². The zero-order valence-electron chi connectivity index (χ0n) is 19.1. The lowest BCUT2D eigenvalue weighted by molar-refractivity contribution is -0.139. The van der Waals surface area contributed by atoms with Crippen molar-refractivity contribution in [2.24, 2.45) is 0 Å². The van der Waals surface area contributed by atoms with Crippen LogP contribution < -0.4 is 15.0 Å². The standard InChI is InChI=1S/C24H28ClN5O4/c1-3-34-18-10-8-16(9-11-18)28-13-17(31)14-29-20-21(26-23(28)29)27(2)24(33)30(22(20)32)12-15-6-4-5-7-19(15)25/h4-11,17,20-21,23,26,31H,3,12-14H2,1-2H3. The number of likely N-dealkylation sites (N-methyl/N-ethyl adjacent to an activating group) is 1. The first-order valence-corrected chi connectivity index (χ1v) is 11.8. The van der Waals surface area contributed by atoms with Crippen LogP contribution in [-0.4, -0.2) is 83.1 Å². The third-order valence-electron chi connectivity index (χ3n) is 6.65. The van der Waals surface area contributed by atoms with Crippen LogP contribution in [0.2, 0.25) is 5.02 Å². The SMILES string of the molecule is CCOc1ccc(N2CC(O)CN3C4C(=O)N(Cc5ccccc5Cl)C(=O)N(C)C4NC23)cc1. The lowest BCUT2D eigenvalue weighted by atomic mass is 10.1. The summed E-state index contributed by atoms with van der Waals surface area (Å²) < 4.78 is 5.54. The molecule has 3 amide bonds. The number of carbonyl (C=O) groups is 2. The molecule has 0 spiro atoms. The predicted octanol–water partition coefficient (Wildman–Crippen LogP) is 1.90. The van der Waals surface area contributed by atoms with E-state index in [0.29, 0.717) is 30.3 Å². The highest BCUT2D eigenvalue weighted by Crippen LogP contribution is 2.34. The average molecular weight is 486 g/mol. The van der Waals surface area contributed by atoms with Crippen molar-refractivity contribution in [3.8, 4) is 5.75 Å². The average Bonchev–Trinajstić information content (AvgIpc) is 3.21. The third kappa shape index (κ3) is 3.88. The van der Waals surface area contributed by atoms with Gasteiger partial charge in [-0.15, -0.1) is 0 Å². The molecule has 3 fully saturated rings. The van der Waals surface area contributed by atoms with Crippen LogP contribution in [0.3, 0.4) is 0 Å². The molecular weight excluding hydrogens is 458 g/mol. The fraction of sp³-hybridized carbons (Fsp3) is 0.417. The molecule has 0 saturated carbocycles. The molecule has 0 radical (unpaired) electrons. The van der Waals surface area contributed by atoms with E-state index in [2.05, 4.69) is 5.32 Å². The molecule has 4 atom stereocenters. The molecule has 0 bridgehead atoms. The number of nitrogens with one attached hydrogen (secondary N) is 1. The van der Waals surface area contributed by atoms with Crippen molar-refractivity contribution in [2.45, 2.75) is 38.1 Å². The first-order chi connectivity index (χ1) is 16.4. The van der Waals surface area contributed by atoms with Crippen molar-refractivity contribution in [3.05, 3.63) is 59.1 Å². The molecule has 3 aliphatic heterocycles. The Labute approximate surface area is 203 Å². The topological polar surface area (TPSA) is 88.6 Å². The van der Waals surface area contributed by atoms with Gasteiger partial charge in [0.05, 0.1) is 19.3 Å². The van der Waals surface area contributed by atoms with Gasteiger partial charge in [0.15, 0.2) is 0 Å². The number of halogens is 1. The molecule has 0 aliphatic carbocycles. The van der Waals surface area contributed by atoms with Crippen LogP contribution in [-0.2, 0) is 11.3 Å². The van der Waals surface area contributed by atoms with E-state index in [4.69, 9.17) is 16.3 Å². The Hall–Kier alpha value is -2.85. The van der Waals surface area contributed by atoms with E-state index in [9.17, 15) is 14.7 Å². The van der Waals surface area contributed by atoms with Gasteiger partial charge in [0, 0.05) is 30.8 Å². The van der Waals surface area contributed by atoms with Crippen LogP contribution in [0.25, 0.3) is 0 Å². The van der Waals surface area contributed by atoms with E-state index in [1.807, 2.05) is 59.2 Å². The smallest absolute Gasteiger partial charge is 0.328 e. The number of amides is 3. The minimum Gasteiger partial charge on any atom is -0.494 e. The van der Waals surface area contributed by atoms with E-state index in [1.165, 1.54) is 4.90 Å². The van der Waals surface area contributed by atoms with E-state index in [1.54, 1.807) is 18.0 Å². The Morgan fingerprint density at radius 3 is 2.56 bits per heavy atom. The first-order valence-electron chi connectivity index (χ1n) is 11.4. The van der Waals surface area contributed by atoms with Gasteiger partial charge in [0.2, 0.25) is 0 Å². The van der Waals surface area contributed by atoms with Crippen molar-refractivity contribution in [2.75, 3.05) is 31.6 Å². The van der Waals surface area contributed by atoms with Gasteiger partial charge in [-0.2, -0.15) is 0 Å². The molecule has 5 rings (SSSR count). The number of hydrogen-bond acceptors (Lipinski definition) is 7. The number of aliphatic hydroxyl groups excluding tert-OH is 1. The Kier molecular flexibility index (Phi) is 6.11. The summed E-state index contributed by atoms with van der Waals surface area (Å²) in [6.07, 6.45) is -1.52. The molecule has 2 aromatic rings. The van der Waals surface area contributed by atoms with Gasteiger partial charge < -0.3 is 19.6 Å². The third-order valence-corrected chi connectivity index (χ3v) is 7.02. The number of nitrogens with zero attached hydrogens (tertiary/aromatic N) is 4. The van der Waals surface area contributed by atoms with Crippen LogP contribution in [0.5, 0.6) is 5.75 Å². The first kappa shape index (κ1) is 22.9. The zero-order chi connectivity index (χ0) is 24.0. The second-order valence-corrected chi connectivity index (χ2v) is 9.18. The number of imide groups is 1. The van der Waals surface area contributed by atoms with Crippen LogP contribution >= 0.6 is 11.6 Å². The van der Waals surface area contributed by atoms with Crippen LogP contribution in [0.4, 0.5) is 10.5 Å². The highest BCUT2D eigenvalue weighted by Gasteiger charge is 2.57. The number of β-amino-alcohol motifs (C(OH)–C–C–N with tert-alkyl or cyclic N) is 1. The van der Waals surface area contributed by atoms with Crippen LogP contribution in [0, 0.1) is 0 Å². The molecule has 3 aliphatic rings. The van der Waals surface area contributed by atoms with Gasteiger partial charge in [0.1, 0.15) is 24.2 Å². The number of ether oxygens (including phenoxy) is 1. The highest BCUT2D eigenvalue weighted by atomic mass is 35.5. The Morgan fingerprint density at radius 1 is 1.12 bits per heavy atom. The Bertz CT molecular complexity index is 1080. The molecule has 34 heavy (non-hydrogen) atoms. The molecule has 180 valence electrons. The highest BCUT2D eigenvalue weighted by molar-refractivity contribution is 6.31. The number of hydrogen-bond donors (Lipinski definition) is 2. The van der Waals surface area contributed by atoms with Gasteiger partial charge in [0.25, 0.3) is 5.91 Å². The predicted molar refractivity (Wildman–Crippen MR) is 127 cm³/mol. The normalized spacial score (nSPS) is 27.1. The molecule has 2 N–H and O–H groups in total. The molecule has 0 aromatic heterocycles. The number of aliphatic hydroxyl groups is 1. The van der Waals surface area contributed by atoms with Crippen LogP contribution in [0.15, 0.2) is 48.5 Å². The maximum Gasteiger partial charge on any atom is 0.328 e. The largest absolute Gasteiger partial charge is 0.494 e. The van der Waals surface area contributed by atoms with E-state index >= 15 is 0 Å². The van der Waals surface area contributed by atoms with E-state index in [-0.39, 0.29) is 24.8 Å². The van der Waals surface area contributed by atoms with E-state index < -0.39 is 18.3 Å². The molecule has 3 saturated heterocycles. The molecule has 2 aromatic carbocycles. The molecule has 10 heteroatoms. The lowest BCUT2D eigenvalue weighted by Gasteiger charge is -2.45. The van der Waals surface area contributed by atoms with E-state index in [0.717, 1.165) is 11.4 Å². The maximum atomic E-state index is 13.6. The van der Waals surface area contributed by atoms with Gasteiger partial charge in [-0.25, -0.2) is 4.79 Å². The fourth-order valence-electron chi connectivity index (χ4n) is 5.04. The monoisotopic (exact) mass is 485 g/mol. The number of rotatable bonds is 5. The summed E-state index contributed by atoms with van der Waals surface area (Å²) in [5.41, 5.74) is 1.59. The van der Waals surface area contributed by atoms with Crippen molar-refractivity contribution in [1.29, 1.82) is 0 Å². The number of carbonyl (C=O) groups excluding carboxylic acids is 2. The minimum atomic E-state index is -0.656. The van der Waals surface area contributed by atoms with Gasteiger partial charge in [-0.05, 0) is 42.8 Å².